The number of carbonyl (C=O) groups is 1. The monoisotopic (exact) mass is 372 g/mol. The summed E-state index contributed by atoms with van der Waals surface area (Å²) in [4.78, 5) is 20.9. The number of benzene rings is 2. The second kappa shape index (κ2) is 7.71. The Morgan fingerprint density at radius 1 is 0.964 bits per heavy atom. The normalized spacial score (nSPS) is 10.5. The van der Waals surface area contributed by atoms with Crippen molar-refractivity contribution in [3.8, 4) is 28.6 Å². The Labute approximate surface area is 161 Å². The second-order valence-corrected chi connectivity index (χ2v) is 5.86. The third-order valence-corrected chi connectivity index (χ3v) is 4.12. The summed E-state index contributed by atoms with van der Waals surface area (Å²) in [5, 5.41) is 6.94. The Morgan fingerprint density at radius 2 is 1.68 bits per heavy atom. The summed E-state index contributed by atoms with van der Waals surface area (Å²) in [5.74, 6) is 1.10. The maximum Gasteiger partial charge on any atom is 0.260 e. The molecule has 0 aliphatic heterocycles. The number of amides is 1. The van der Waals surface area contributed by atoms with Gasteiger partial charge < -0.3 is 14.6 Å². The topological polar surface area (TPSA) is 90.1 Å². The van der Waals surface area contributed by atoms with Crippen molar-refractivity contribution in [1.82, 2.24) is 15.1 Å². The average molecular weight is 372 g/mol. The number of aromatic nitrogens is 3. The molecule has 0 saturated heterocycles. The van der Waals surface area contributed by atoms with E-state index in [1.54, 1.807) is 37.7 Å². The van der Waals surface area contributed by atoms with Crippen LogP contribution in [0.1, 0.15) is 10.4 Å². The number of para-hydroxylation sites is 2. The number of hydrogen-bond donors (Lipinski definition) is 1. The molecule has 0 aliphatic carbocycles. The maximum absolute atomic E-state index is 12.5. The zero-order chi connectivity index (χ0) is 19.3. The van der Waals surface area contributed by atoms with E-state index in [0.717, 1.165) is 5.56 Å². The zero-order valence-corrected chi connectivity index (χ0v) is 15.0. The van der Waals surface area contributed by atoms with Crippen molar-refractivity contribution < 1.29 is 14.1 Å². The number of nitrogens with zero attached hydrogens (tertiary/aromatic N) is 3. The molecule has 7 nitrogen and oxygen atoms in total. The quantitative estimate of drug-likeness (QED) is 0.568. The lowest BCUT2D eigenvalue weighted by atomic mass is 10.1. The van der Waals surface area contributed by atoms with Gasteiger partial charge in [-0.3, -0.25) is 9.78 Å². The molecular formula is C21H16N4O3. The van der Waals surface area contributed by atoms with Gasteiger partial charge in [-0.1, -0.05) is 29.4 Å². The van der Waals surface area contributed by atoms with E-state index in [9.17, 15) is 4.79 Å². The molecule has 28 heavy (non-hydrogen) atoms. The Kier molecular flexibility index (Phi) is 4.79. The number of rotatable bonds is 5. The molecule has 0 unspecified atom stereocenters. The minimum Gasteiger partial charge on any atom is -0.496 e. The molecular weight excluding hydrogens is 356 g/mol. The highest BCUT2D eigenvalue weighted by Crippen LogP contribution is 2.31. The molecule has 1 N–H and O–H groups in total. The fraction of sp³-hybridized carbons (Fsp3) is 0.0476. The summed E-state index contributed by atoms with van der Waals surface area (Å²) < 4.78 is 10.8. The SMILES string of the molecule is COc1ccccc1-c1noc(-c2ccccc2NC(=O)c2ccncc2)n1. The Balaban J connectivity index is 1.66. The third kappa shape index (κ3) is 3.45. The maximum atomic E-state index is 12.5. The minimum atomic E-state index is -0.251. The lowest BCUT2D eigenvalue weighted by molar-refractivity contribution is 0.102. The van der Waals surface area contributed by atoms with E-state index in [0.29, 0.717) is 34.3 Å². The number of ether oxygens (including phenoxy) is 1. The van der Waals surface area contributed by atoms with Crippen LogP contribution >= 0.6 is 0 Å². The van der Waals surface area contributed by atoms with Crippen molar-refractivity contribution in [3.05, 3.63) is 78.6 Å². The summed E-state index contributed by atoms with van der Waals surface area (Å²) in [6.45, 7) is 0. The number of hydrogen-bond acceptors (Lipinski definition) is 6. The predicted molar refractivity (Wildman–Crippen MR) is 104 cm³/mol. The summed E-state index contributed by atoms with van der Waals surface area (Å²) in [5.41, 5.74) is 2.42. The first kappa shape index (κ1) is 17.4. The molecule has 7 heteroatoms. The van der Waals surface area contributed by atoms with E-state index < -0.39 is 0 Å². The van der Waals surface area contributed by atoms with Crippen LogP contribution in [0.15, 0.2) is 77.6 Å². The van der Waals surface area contributed by atoms with Crippen molar-refractivity contribution in [1.29, 1.82) is 0 Å². The van der Waals surface area contributed by atoms with E-state index in [1.807, 2.05) is 42.5 Å². The van der Waals surface area contributed by atoms with Gasteiger partial charge in [-0.25, -0.2) is 0 Å². The van der Waals surface area contributed by atoms with Gasteiger partial charge in [-0.15, -0.1) is 0 Å². The van der Waals surface area contributed by atoms with E-state index in [4.69, 9.17) is 9.26 Å². The molecule has 0 spiro atoms. The first-order chi connectivity index (χ1) is 13.8. The predicted octanol–water partition coefficient (Wildman–Crippen LogP) is 4.06. The van der Waals surface area contributed by atoms with Gasteiger partial charge in [0.15, 0.2) is 0 Å². The molecule has 2 heterocycles. The molecule has 1 amide bonds. The third-order valence-electron chi connectivity index (χ3n) is 4.12. The molecule has 2 aromatic heterocycles. The van der Waals surface area contributed by atoms with E-state index in [-0.39, 0.29) is 5.91 Å². The Morgan fingerprint density at radius 3 is 2.46 bits per heavy atom. The Hall–Kier alpha value is -4.00. The van der Waals surface area contributed by atoms with Crippen molar-refractivity contribution in [3.63, 3.8) is 0 Å². The van der Waals surface area contributed by atoms with E-state index >= 15 is 0 Å². The Bertz CT molecular complexity index is 1110. The minimum absolute atomic E-state index is 0.251. The van der Waals surface area contributed by atoms with Crippen LogP contribution in [0.4, 0.5) is 5.69 Å². The summed E-state index contributed by atoms with van der Waals surface area (Å²) in [6.07, 6.45) is 3.14. The van der Waals surface area contributed by atoms with Crippen LogP contribution in [0.25, 0.3) is 22.8 Å². The molecule has 0 atom stereocenters. The zero-order valence-electron chi connectivity index (χ0n) is 15.0. The van der Waals surface area contributed by atoms with Gasteiger partial charge in [0, 0.05) is 18.0 Å². The molecule has 2 aromatic carbocycles. The lowest BCUT2D eigenvalue weighted by Crippen LogP contribution is -2.12. The van der Waals surface area contributed by atoms with Crippen molar-refractivity contribution >= 4 is 11.6 Å². The van der Waals surface area contributed by atoms with Gasteiger partial charge >= 0.3 is 0 Å². The van der Waals surface area contributed by atoms with Gasteiger partial charge in [-0.2, -0.15) is 4.98 Å². The van der Waals surface area contributed by atoms with Crippen LogP contribution in [0.2, 0.25) is 0 Å². The van der Waals surface area contributed by atoms with Gasteiger partial charge in [0.25, 0.3) is 11.8 Å². The standard InChI is InChI=1S/C21H16N4O3/c1-27-18-9-5-3-7-16(18)19-24-21(28-25-19)15-6-2-4-8-17(15)23-20(26)14-10-12-22-13-11-14/h2-13H,1H3,(H,23,26). The van der Waals surface area contributed by atoms with Gasteiger partial charge in [-0.05, 0) is 36.4 Å². The van der Waals surface area contributed by atoms with Crippen molar-refractivity contribution in [2.24, 2.45) is 0 Å². The molecule has 0 saturated carbocycles. The summed E-state index contributed by atoms with van der Waals surface area (Å²) in [7, 11) is 1.59. The van der Waals surface area contributed by atoms with Gasteiger partial charge in [0.1, 0.15) is 5.75 Å². The van der Waals surface area contributed by atoms with Crippen molar-refractivity contribution in [2.75, 3.05) is 12.4 Å². The second-order valence-electron chi connectivity index (χ2n) is 5.86. The molecule has 138 valence electrons. The van der Waals surface area contributed by atoms with Crippen LogP contribution in [0.5, 0.6) is 5.75 Å². The van der Waals surface area contributed by atoms with Crippen LogP contribution in [0, 0.1) is 0 Å². The summed E-state index contributed by atoms with van der Waals surface area (Å²) >= 11 is 0. The molecule has 4 rings (SSSR count). The van der Waals surface area contributed by atoms with Crippen LogP contribution in [0.3, 0.4) is 0 Å². The van der Waals surface area contributed by atoms with Crippen LogP contribution in [-0.4, -0.2) is 28.1 Å². The smallest absolute Gasteiger partial charge is 0.260 e. The fourth-order valence-electron chi connectivity index (χ4n) is 2.75. The number of methoxy groups -OCH3 is 1. The fourth-order valence-corrected chi connectivity index (χ4v) is 2.75. The largest absolute Gasteiger partial charge is 0.496 e. The number of nitrogens with one attached hydrogen (secondary N) is 1. The highest BCUT2D eigenvalue weighted by Gasteiger charge is 2.17. The van der Waals surface area contributed by atoms with Crippen molar-refractivity contribution in [2.45, 2.75) is 0 Å². The number of anilines is 1. The van der Waals surface area contributed by atoms with E-state index in [2.05, 4.69) is 20.4 Å². The number of pyridine rings is 1. The highest BCUT2D eigenvalue weighted by molar-refractivity contribution is 6.05. The number of carbonyl (C=O) groups excluding carboxylic acids is 1. The average Bonchev–Trinajstić information content (AvgIpc) is 3.24. The van der Waals surface area contributed by atoms with Crippen LogP contribution in [-0.2, 0) is 0 Å². The molecule has 0 bridgehead atoms. The summed E-state index contributed by atoms with van der Waals surface area (Å²) in [6, 6.07) is 18.0. The molecule has 0 radical (unpaired) electrons. The molecule has 0 fully saturated rings. The first-order valence-electron chi connectivity index (χ1n) is 8.54. The highest BCUT2D eigenvalue weighted by atomic mass is 16.5. The van der Waals surface area contributed by atoms with Gasteiger partial charge in [0.05, 0.1) is 23.9 Å². The molecule has 4 aromatic rings. The lowest BCUT2D eigenvalue weighted by Gasteiger charge is -2.08. The van der Waals surface area contributed by atoms with E-state index in [1.165, 1.54) is 0 Å². The molecule has 0 aliphatic rings. The first-order valence-corrected chi connectivity index (χ1v) is 8.54. The van der Waals surface area contributed by atoms with Crippen LogP contribution < -0.4 is 10.1 Å². The van der Waals surface area contributed by atoms with Gasteiger partial charge in [0.2, 0.25) is 5.82 Å².